The van der Waals surface area contributed by atoms with Crippen LogP contribution in [0.25, 0.3) is 0 Å². The topological polar surface area (TPSA) is 83.7 Å². The molecule has 0 bridgehead atoms. The van der Waals surface area contributed by atoms with Gasteiger partial charge in [-0.15, -0.1) is 0 Å². The molecule has 1 aliphatic rings. The van der Waals surface area contributed by atoms with E-state index in [1.54, 1.807) is 16.8 Å². The zero-order chi connectivity index (χ0) is 17.5. The normalized spacial score (nSPS) is 15.1. The summed E-state index contributed by atoms with van der Waals surface area (Å²) in [5.74, 6) is -0.346. The van der Waals surface area contributed by atoms with Gasteiger partial charge in [-0.25, -0.2) is 0 Å². The van der Waals surface area contributed by atoms with Crippen molar-refractivity contribution < 1.29 is 14.4 Å². The molecule has 2 N–H and O–H groups in total. The first-order chi connectivity index (χ1) is 11.5. The Morgan fingerprint density at radius 1 is 1.12 bits per heavy atom. The molecule has 24 heavy (non-hydrogen) atoms. The van der Waals surface area contributed by atoms with E-state index in [1.165, 1.54) is 0 Å². The van der Waals surface area contributed by atoms with E-state index in [4.69, 9.17) is 5.73 Å². The summed E-state index contributed by atoms with van der Waals surface area (Å²) in [6.45, 7) is 1.15. The Labute approximate surface area is 142 Å². The Balaban J connectivity index is 1.71. The molecule has 0 saturated carbocycles. The third kappa shape index (κ3) is 4.81. The maximum absolute atomic E-state index is 12.2. The summed E-state index contributed by atoms with van der Waals surface area (Å²) in [5, 5.41) is 0. The monoisotopic (exact) mass is 331 g/mol. The van der Waals surface area contributed by atoms with Gasteiger partial charge in [-0.3, -0.25) is 14.4 Å². The van der Waals surface area contributed by atoms with Crippen molar-refractivity contribution in [3.8, 4) is 0 Å². The van der Waals surface area contributed by atoms with Crippen molar-refractivity contribution in [2.24, 2.45) is 11.7 Å². The largest absolute Gasteiger partial charge is 0.369 e. The molecule has 6 nitrogen and oxygen atoms in total. The van der Waals surface area contributed by atoms with Gasteiger partial charge in [-0.05, 0) is 31.4 Å². The van der Waals surface area contributed by atoms with Gasteiger partial charge in [0.25, 0.3) is 0 Å². The summed E-state index contributed by atoms with van der Waals surface area (Å²) in [5.41, 5.74) is 6.14. The molecular weight excluding hydrogens is 306 g/mol. The lowest BCUT2D eigenvalue weighted by Gasteiger charge is -2.30. The van der Waals surface area contributed by atoms with E-state index in [-0.39, 0.29) is 23.6 Å². The molecule has 1 heterocycles. The van der Waals surface area contributed by atoms with Gasteiger partial charge < -0.3 is 15.5 Å². The number of anilines is 1. The van der Waals surface area contributed by atoms with Gasteiger partial charge in [0.1, 0.15) is 0 Å². The van der Waals surface area contributed by atoms with Gasteiger partial charge in [-0.2, -0.15) is 0 Å². The van der Waals surface area contributed by atoms with E-state index < -0.39 is 0 Å². The number of para-hydroxylation sites is 1. The average molecular weight is 331 g/mol. The summed E-state index contributed by atoms with van der Waals surface area (Å²) in [6, 6.07) is 9.44. The second-order valence-electron chi connectivity index (χ2n) is 6.20. The van der Waals surface area contributed by atoms with Gasteiger partial charge in [0.15, 0.2) is 0 Å². The molecule has 130 valence electrons. The molecular formula is C18H25N3O3. The van der Waals surface area contributed by atoms with Crippen LogP contribution in [-0.2, 0) is 14.4 Å². The Bertz CT molecular complexity index is 580. The van der Waals surface area contributed by atoms with E-state index in [9.17, 15) is 14.4 Å². The number of nitrogens with zero attached hydrogens (tertiary/aromatic N) is 2. The summed E-state index contributed by atoms with van der Waals surface area (Å²) >= 11 is 0. The fourth-order valence-electron chi connectivity index (χ4n) is 2.93. The molecule has 1 aromatic carbocycles. The number of likely N-dealkylation sites (tertiary alicyclic amines) is 1. The van der Waals surface area contributed by atoms with Gasteiger partial charge in [0, 0.05) is 44.6 Å². The first kappa shape index (κ1) is 18.0. The average Bonchev–Trinajstić information content (AvgIpc) is 2.61. The van der Waals surface area contributed by atoms with Crippen molar-refractivity contribution >= 4 is 23.4 Å². The summed E-state index contributed by atoms with van der Waals surface area (Å²) in [4.78, 5) is 38.9. The number of amides is 3. The molecule has 3 amide bonds. The van der Waals surface area contributed by atoms with Crippen molar-refractivity contribution in [2.75, 3.05) is 25.0 Å². The van der Waals surface area contributed by atoms with Crippen LogP contribution in [-0.4, -0.2) is 42.8 Å². The van der Waals surface area contributed by atoms with E-state index in [0.29, 0.717) is 45.2 Å². The van der Waals surface area contributed by atoms with Crippen molar-refractivity contribution in [3.63, 3.8) is 0 Å². The van der Waals surface area contributed by atoms with Crippen LogP contribution in [0.3, 0.4) is 0 Å². The van der Waals surface area contributed by atoms with E-state index in [2.05, 4.69) is 0 Å². The van der Waals surface area contributed by atoms with Crippen LogP contribution in [0.4, 0.5) is 5.69 Å². The molecule has 1 fully saturated rings. The molecule has 0 unspecified atom stereocenters. The van der Waals surface area contributed by atoms with E-state index in [0.717, 1.165) is 5.69 Å². The van der Waals surface area contributed by atoms with Crippen LogP contribution >= 0.6 is 0 Å². The van der Waals surface area contributed by atoms with E-state index >= 15 is 0 Å². The number of nitrogens with two attached hydrogens (primary N) is 1. The van der Waals surface area contributed by atoms with Crippen LogP contribution in [0.1, 0.15) is 32.1 Å². The van der Waals surface area contributed by atoms with Gasteiger partial charge in [-0.1, -0.05) is 18.2 Å². The third-order valence-corrected chi connectivity index (χ3v) is 4.55. The zero-order valence-corrected chi connectivity index (χ0v) is 14.1. The summed E-state index contributed by atoms with van der Waals surface area (Å²) in [6.07, 6.45) is 2.50. The second-order valence-corrected chi connectivity index (χ2v) is 6.20. The number of rotatable bonds is 6. The van der Waals surface area contributed by atoms with Gasteiger partial charge in [0.2, 0.25) is 17.7 Å². The molecule has 1 saturated heterocycles. The third-order valence-electron chi connectivity index (χ3n) is 4.55. The number of primary amides is 1. The lowest BCUT2D eigenvalue weighted by Crippen LogP contribution is -2.41. The minimum atomic E-state index is -0.281. The molecule has 0 spiro atoms. The molecule has 0 radical (unpaired) electrons. The number of carbonyl (C=O) groups is 3. The number of hydrogen-bond acceptors (Lipinski definition) is 3. The van der Waals surface area contributed by atoms with Gasteiger partial charge in [0.05, 0.1) is 0 Å². The molecule has 1 aromatic rings. The lowest BCUT2D eigenvalue weighted by atomic mass is 9.96. The summed E-state index contributed by atoms with van der Waals surface area (Å²) in [7, 11) is 1.74. The Hall–Kier alpha value is -2.37. The molecule has 1 aliphatic heterocycles. The lowest BCUT2D eigenvalue weighted by molar-refractivity contribution is -0.135. The highest BCUT2D eigenvalue weighted by molar-refractivity contribution is 5.93. The Morgan fingerprint density at radius 3 is 2.33 bits per heavy atom. The minimum absolute atomic E-state index is 0.00133. The maximum Gasteiger partial charge on any atom is 0.226 e. The van der Waals surface area contributed by atoms with Gasteiger partial charge >= 0.3 is 0 Å². The quantitative estimate of drug-likeness (QED) is 0.858. The minimum Gasteiger partial charge on any atom is -0.369 e. The molecule has 0 aliphatic carbocycles. The fraction of sp³-hybridized carbons (Fsp3) is 0.500. The number of piperidine rings is 1. The molecule has 2 rings (SSSR count). The maximum atomic E-state index is 12.2. The van der Waals surface area contributed by atoms with Crippen LogP contribution in [0.2, 0.25) is 0 Å². The summed E-state index contributed by atoms with van der Waals surface area (Å²) < 4.78 is 0. The van der Waals surface area contributed by atoms with Crippen LogP contribution in [0, 0.1) is 5.92 Å². The second kappa shape index (κ2) is 8.47. The first-order valence-electron chi connectivity index (χ1n) is 8.37. The Morgan fingerprint density at radius 2 is 1.75 bits per heavy atom. The first-order valence-corrected chi connectivity index (χ1v) is 8.37. The predicted octanol–water partition coefficient (Wildman–Crippen LogP) is 1.54. The number of benzene rings is 1. The number of carbonyl (C=O) groups excluding carboxylic acids is 3. The number of hydrogen-bond donors (Lipinski definition) is 1. The van der Waals surface area contributed by atoms with Crippen LogP contribution in [0.15, 0.2) is 30.3 Å². The smallest absolute Gasteiger partial charge is 0.226 e. The van der Waals surface area contributed by atoms with Crippen molar-refractivity contribution in [1.82, 2.24) is 4.90 Å². The highest BCUT2D eigenvalue weighted by Crippen LogP contribution is 2.18. The standard InChI is InChI=1S/C18H25N3O3/c1-20(15-6-3-2-4-7-15)16(22)8-5-9-17(23)21-12-10-14(11-13-21)18(19)24/h2-4,6-7,14H,5,8-13H2,1H3,(H2,19,24). The van der Waals surface area contributed by atoms with Crippen molar-refractivity contribution in [2.45, 2.75) is 32.1 Å². The highest BCUT2D eigenvalue weighted by Gasteiger charge is 2.25. The molecule has 0 atom stereocenters. The fourth-order valence-corrected chi connectivity index (χ4v) is 2.93. The van der Waals surface area contributed by atoms with Crippen LogP contribution in [0.5, 0.6) is 0 Å². The Kier molecular flexibility index (Phi) is 6.35. The van der Waals surface area contributed by atoms with Crippen LogP contribution < -0.4 is 10.6 Å². The van der Waals surface area contributed by atoms with Crippen molar-refractivity contribution in [3.05, 3.63) is 30.3 Å². The predicted molar refractivity (Wildman–Crippen MR) is 92.2 cm³/mol. The molecule has 6 heteroatoms. The van der Waals surface area contributed by atoms with E-state index in [1.807, 2.05) is 30.3 Å². The highest BCUT2D eigenvalue weighted by atomic mass is 16.2. The molecule has 0 aromatic heterocycles. The van der Waals surface area contributed by atoms with Crippen molar-refractivity contribution in [1.29, 1.82) is 0 Å². The zero-order valence-electron chi connectivity index (χ0n) is 14.1. The SMILES string of the molecule is CN(C(=O)CCCC(=O)N1CCC(C(N)=O)CC1)c1ccccc1.